The minimum Gasteiger partial charge on any atom is -0.371 e. The molecule has 1 aromatic carbocycles. The van der Waals surface area contributed by atoms with Crippen LogP contribution in [0.4, 0.5) is 13.2 Å². The van der Waals surface area contributed by atoms with E-state index in [0.29, 0.717) is 19.5 Å². The van der Waals surface area contributed by atoms with Gasteiger partial charge >= 0.3 is 6.18 Å². The van der Waals surface area contributed by atoms with Crippen molar-refractivity contribution >= 4 is 5.84 Å². The molecule has 1 aliphatic rings. The molecule has 1 heterocycles. The van der Waals surface area contributed by atoms with E-state index in [-0.39, 0.29) is 12.3 Å². The van der Waals surface area contributed by atoms with Crippen LogP contribution < -0.4 is 10.6 Å². The van der Waals surface area contributed by atoms with Gasteiger partial charge in [0.15, 0.2) is 0 Å². The molecule has 6 heteroatoms. The Kier molecular flexibility index (Phi) is 4.65. The summed E-state index contributed by atoms with van der Waals surface area (Å²) < 4.78 is 38.4. The van der Waals surface area contributed by atoms with Crippen molar-refractivity contribution in [3.63, 3.8) is 0 Å². The molecule has 20 heavy (non-hydrogen) atoms. The molecular weight excluding hydrogens is 267 g/mol. The molecule has 1 aromatic rings. The second-order valence-corrected chi connectivity index (χ2v) is 5.03. The van der Waals surface area contributed by atoms with Crippen LogP contribution in [0.1, 0.15) is 18.4 Å². The predicted molar refractivity (Wildman–Crippen MR) is 71.6 cm³/mol. The summed E-state index contributed by atoms with van der Waals surface area (Å²) in [6.07, 6.45) is -4.11. The number of benzene rings is 1. The second-order valence-electron chi connectivity index (χ2n) is 5.03. The van der Waals surface area contributed by atoms with Crippen LogP contribution in [0.5, 0.6) is 0 Å². The van der Waals surface area contributed by atoms with Crippen molar-refractivity contribution in [2.24, 2.45) is 5.92 Å². The van der Waals surface area contributed by atoms with Gasteiger partial charge in [-0.25, -0.2) is 0 Å². The molecule has 0 bridgehead atoms. The van der Waals surface area contributed by atoms with Gasteiger partial charge < -0.3 is 10.6 Å². The maximum Gasteiger partial charge on any atom is 0.394 e. The average Bonchev–Trinajstić information content (AvgIpc) is 2.77. The highest BCUT2D eigenvalue weighted by Crippen LogP contribution is 2.35. The van der Waals surface area contributed by atoms with Gasteiger partial charge in [-0.2, -0.15) is 13.2 Å². The van der Waals surface area contributed by atoms with E-state index in [2.05, 4.69) is 10.6 Å². The first-order valence-electron chi connectivity index (χ1n) is 6.62. The van der Waals surface area contributed by atoms with Gasteiger partial charge in [-0.1, -0.05) is 30.3 Å². The van der Waals surface area contributed by atoms with Gasteiger partial charge in [0.1, 0.15) is 0 Å². The topological polar surface area (TPSA) is 47.9 Å². The molecular formula is C14H18F3N3. The van der Waals surface area contributed by atoms with Crippen molar-refractivity contribution in [1.82, 2.24) is 10.6 Å². The van der Waals surface area contributed by atoms with Crippen molar-refractivity contribution in [2.75, 3.05) is 6.54 Å². The smallest absolute Gasteiger partial charge is 0.371 e. The Morgan fingerprint density at radius 1 is 1.25 bits per heavy atom. The standard InChI is InChI=1S/C14H18F3N3/c15-14(16,17)11-8-13(18)20-12(11)6-7-19-9-10-4-2-1-3-5-10/h1-5,11-12,19H,6-9H2,(H2,18,20)/t11-,12-/m1/s1. The van der Waals surface area contributed by atoms with Crippen molar-refractivity contribution in [1.29, 1.82) is 5.41 Å². The molecule has 1 fully saturated rings. The largest absolute Gasteiger partial charge is 0.394 e. The van der Waals surface area contributed by atoms with Crippen LogP contribution in [0.3, 0.4) is 0 Å². The fourth-order valence-electron chi connectivity index (χ4n) is 2.45. The summed E-state index contributed by atoms with van der Waals surface area (Å²) in [6, 6.07) is 9.02. The summed E-state index contributed by atoms with van der Waals surface area (Å²) in [7, 11) is 0. The van der Waals surface area contributed by atoms with Gasteiger partial charge in [0.2, 0.25) is 0 Å². The van der Waals surface area contributed by atoms with Crippen molar-refractivity contribution in [2.45, 2.75) is 31.6 Å². The van der Waals surface area contributed by atoms with Gasteiger partial charge in [-0.3, -0.25) is 5.41 Å². The average molecular weight is 285 g/mol. The molecule has 0 radical (unpaired) electrons. The lowest BCUT2D eigenvalue weighted by molar-refractivity contribution is -0.176. The van der Waals surface area contributed by atoms with E-state index in [4.69, 9.17) is 5.41 Å². The van der Waals surface area contributed by atoms with Crippen LogP contribution in [0, 0.1) is 11.3 Å². The summed E-state index contributed by atoms with van der Waals surface area (Å²) in [4.78, 5) is 0. The van der Waals surface area contributed by atoms with Gasteiger partial charge in [0.05, 0.1) is 11.8 Å². The van der Waals surface area contributed by atoms with Crippen LogP contribution in [-0.4, -0.2) is 24.6 Å². The lowest BCUT2D eigenvalue weighted by Crippen LogP contribution is -2.38. The quantitative estimate of drug-likeness (QED) is 0.728. The summed E-state index contributed by atoms with van der Waals surface area (Å²) in [5, 5.41) is 13.1. The number of hydrogen-bond donors (Lipinski definition) is 3. The minimum absolute atomic E-state index is 0.0135. The summed E-state index contributed by atoms with van der Waals surface area (Å²) >= 11 is 0. The number of rotatable bonds is 5. The maximum absolute atomic E-state index is 12.8. The van der Waals surface area contributed by atoms with Crippen LogP contribution in [-0.2, 0) is 6.54 Å². The molecule has 0 spiro atoms. The first-order valence-corrected chi connectivity index (χ1v) is 6.62. The molecule has 0 aromatic heterocycles. The predicted octanol–water partition coefficient (Wildman–Crippen LogP) is 2.68. The van der Waals surface area contributed by atoms with E-state index >= 15 is 0 Å². The molecule has 0 aliphatic carbocycles. The highest BCUT2D eigenvalue weighted by atomic mass is 19.4. The Bertz CT molecular complexity index is 445. The van der Waals surface area contributed by atoms with E-state index in [1.807, 2.05) is 30.3 Å². The van der Waals surface area contributed by atoms with Crippen molar-refractivity contribution in [3.05, 3.63) is 35.9 Å². The van der Waals surface area contributed by atoms with E-state index in [9.17, 15) is 13.2 Å². The Morgan fingerprint density at radius 2 is 1.95 bits per heavy atom. The molecule has 1 aliphatic heterocycles. The lowest BCUT2D eigenvalue weighted by atomic mass is 9.97. The molecule has 2 atom stereocenters. The van der Waals surface area contributed by atoms with E-state index in [1.54, 1.807) is 0 Å². The maximum atomic E-state index is 12.8. The number of halogens is 3. The molecule has 3 nitrogen and oxygen atoms in total. The molecule has 3 N–H and O–H groups in total. The zero-order valence-corrected chi connectivity index (χ0v) is 11.0. The lowest BCUT2D eigenvalue weighted by Gasteiger charge is -2.21. The highest BCUT2D eigenvalue weighted by Gasteiger charge is 2.48. The Hall–Kier alpha value is -1.56. The third-order valence-corrected chi connectivity index (χ3v) is 3.49. The first-order chi connectivity index (χ1) is 9.47. The fourth-order valence-corrected chi connectivity index (χ4v) is 2.45. The fraction of sp³-hybridized carbons (Fsp3) is 0.500. The van der Waals surface area contributed by atoms with Gasteiger partial charge in [-0.05, 0) is 18.5 Å². The summed E-state index contributed by atoms with van der Waals surface area (Å²) in [5.41, 5.74) is 1.10. The highest BCUT2D eigenvalue weighted by molar-refractivity contribution is 5.82. The Morgan fingerprint density at radius 3 is 2.60 bits per heavy atom. The van der Waals surface area contributed by atoms with Crippen LogP contribution in [0.2, 0.25) is 0 Å². The Balaban J connectivity index is 1.77. The SMILES string of the molecule is N=C1C[C@@H](C(F)(F)F)[C@@H](CCNCc2ccccc2)N1. The van der Waals surface area contributed by atoms with Gasteiger partial charge in [0, 0.05) is 19.0 Å². The second kappa shape index (κ2) is 6.26. The van der Waals surface area contributed by atoms with E-state index in [1.165, 1.54) is 0 Å². The normalized spacial score (nSPS) is 22.9. The third-order valence-electron chi connectivity index (χ3n) is 3.49. The van der Waals surface area contributed by atoms with E-state index in [0.717, 1.165) is 5.56 Å². The molecule has 0 amide bonds. The van der Waals surface area contributed by atoms with Crippen LogP contribution >= 0.6 is 0 Å². The summed E-state index contributed by atoms with van der Waals surface area (Å²) in [6.45, 7) is 1.13. The minimum atomic E-state index is -4.24. The van der Waals surface area contributed by atoms with E-state index < -0.39 is 18.1 Å². The van der Waals surface area contributed by atoms with Gasteiger partial charge in [-0.15, -0.1) is 0 Å². The summed E-state index contributed by atoms with van der Waals surface area (Å²) in [5.74, 6) is -1.45. The monoisotopic (exact) mass is 285 g/mol. The zero-order valence-electron chi connectivity index (χ0n) is 11.0. The van der Waals surface area contributed by atoms with Crippen LogP contribution in [0.15, 0.2) is 30.3 Å². The van der Waals surface area contributed by atoms with Crippen LogP contribution in [0.25, 0.3) is 0 Å². The molecule has 0 saturated carbocycles. The molecule has 110 valence electrons. The van der Waals surface area contributed by atoms with Gasteiger partial charge in [0.25, 0.3) is 0 Å². The number of hydrogen-bond acceptors (Lipinski definition) is 2. The van der Waals surface area contributed by atoms with Crippen molar-refractivity contribution in [3.8, 4) is 0 Å². The molecule has 0 unspecified atom stereocenters. The first kappa shape index (κ1) is 14.8. The number of alkyl halides is 3. The Labute approximate surface area is 116 Å². The third kappa shape index (κ3) is 3.96. The molecule has 1 saturated heterocycles. The zero-order chi connectivity index (χ0) is 14.6. The van der Waals surface area contributed by atoms with Crippen molar-refractivity contribution < 1.29 is 13.2 Å². The number of amidine groups is 1. The number of nitrogens with one attached hydrogen (secondary N) is 3. The molecule has 2 rings (SSSR count).